The van der Waals surface area contributed by atoms with Crippen molar-refractivity contribution in [3.63, 3.8) is 0 Å². The maximum atomic E-state index is 12.9. The average molecular weight is 275 g/mol. The first-order chi connectivity index (χ1) is 5.84. The van der Waals surface area contributed by atoms with Gasteiger partial charge >= 0.3 is 10.2 Å². The minimum absolute atomic E-state index is 0.315. The summed E-state index contributed by atoms with van der Waals surface area (Å²) in [5.41, 5.74) is 0. The lowest BCUT2D eigenvalue weighted by Crippen LogP contribution is -2.01. The van der Waals surface area contributed by atoms with E-state index in [-0.39, 0.29) is 4.47 Å². The molecule has 0 aliphatic heterocycles. The zero-order valence-electron chi connectivity index (χ0n) is 5.89. The first-order valence-corrected chi connectivity index (χ1v) is 5.10. The van der Waals surface area contributed by atoms with Crippen LogP contribution in [0.4, 0.5) is 12.7 Å². The van der Waals surface area contributed by atoms with Crippen molar-refractivity contribution in [2.24, 2.45) is 0 Å². The van der Waals surface area contributed by atoms with Crippen molar-refractivity contribution in [2.75, 3.05) is 0 Å². The van der Waals surface area contributed by atoms with E-state index >= 15 is 0 Å². The van der Waals surface area contributed by atoms with Crippen LogP contribution in [0.3, 0.4) is 0 Å². The van der Waals surface area contributed by atoms with Crippen LogP contribution in [0.25, 0.3) is 0 Å². The molecule has 0 unspecified atom stereocenters. The minimum atomic E-state index is -5.37. The van der Waals surface area contributed by atoms with Gasteiger partial charge in [0.1, 0.15) is 5.82 Å². The molecular weight excluding hydrogens is 273 g/mol. The summed E-state index contributed by atoms with van der Waals surface area (Å²) in [6, 6.07) is 1.60. The predicted molar refractivity (Wildman–Crippen MR) is 42.4 cm³/mol. The topological polar surface area (TPSA) is 34.1 Å². The smallest absolute Gasteiger partial charge is 0.205 e. The summed E-state index contributed by atoms with van der Waals surface area (Å²) in [7, 11) is -5.37. The Morgan fingerprint density at radius 3 is 2.15 bits per heavy atom. The molecule has 0 aromatic heterocycles. The summed E-state index contributed by atoms with van der Waals surface area (Å²) >= 11 is 2.60. The van der Waals surface area contributed by atoms with Crippen LogP contribution in [0.2, 0.25) is 0 Å². The van der Waals surface area contributed by atoms with Crippen LogP contribution in [-0.2, 0) is 10.2 Å². The van der Waals surface area contributed by atoms with Gasteiger partial charge in [0.2, 0.25) is 0 Å². The molecule has 0 radical (unpaired) electrons. The highest BCUT2D eigenvalue weighted by atomic mass is 79.9. The predicted octanol–water partition coefficient (Wildman–Crippen LogP) is 2.39. The van der Waals surface area contributed by atoms with Crippen molar-refractivity contribution in [3.05, 3.63) is 28.2 Å². The highest BCUT2D eigenvalue weighted by Gasteiger charge is 2.24. The molecule has 1 rings (SSSR count). The molecule has 7 heteroatoms. The van der Waals surface area contributed by atoms with E-state index in [0.717, 1.165) is 6.07 Å². The van der Waals surface area contributed by atoms with Crippen LogP contribution in [0.5, 0.6) is 0 Å². The third-order valence-electron chi connectivity index (χ3n) is 1.25. The Kier molecular flexibility index (Phi) is 2.67. The molecule has 0 N–H and O–H groups in total. The summed E-state index contributed by atoms with van der Waals surface area (Å²) in [6.07, 6.45) is 0. The van der Waals surface area contributed by atoms with Gasteiger partial charge in [-0.15, -0.1) is 3.89 Å². The van der Waals surface area contributed by atoms with Gasteiger partial charge in [-0.2, -0.15) is 8.42 Å². The number of hydrogen-bond acceptors (Lipinski definition) is 2. The van der Waals surface area contributed by atoms with Gasteiger partial charge in [-0.05, 0) is 28.1 Å². The Labute approximate surface area is 80.7 Å². The maximum absolute atomic E-state index is 12.9. The van der Waals surface area contributed by atoms with Crippen LogP contribution in [0, 0.1) is 11.6 Å². The molecule has 0 fully saturated rings. The van der Waals surface area contributed by atoms with Crippen LogP contribution in [0.15, 0.2) is 21.5 Å². The van der Waals surface area contributed by atoms with Gasteiger partial charge in [0.05, 0.1) is 4.47 Å². The Morgan fingerprint density at radius 1 is 1.23 bits per heavy atom. The molecule has 0 amide bonds. The fraction of sp³-hybridized carbons (Fsp3) is 0. The van der Waals surface area contributed by atoms with Gasteiger partial charge in [0, 0.05) is 0 Å². The molecular formula is C6H2BrF3O2S. The summed E-state index contributed by atoms with van der Waals surface area (Å²) in [6.45, 7) is 0. The number of hydrogen-bond donors (Lipinski definition) is 0. The van der Waals surface area contributed by atoms with Gasteiger partial charge in [-0.3, -0.25) is 0 Å². The van der Waals surface area contributed by atoms with Gasteiger partial charge in [0.25, 0.3) is 0 Å². The van der Waals surface area contributed by atoms with E-state index in [4.69, 9.17) is 0 Å². The summed E-state index contributed by atoms with van der Waals surface area (Å²) in [5, 5.41) is 0. The second kappa shape index (κ2) is 3.30. The van der Waals surface area contributed by atoms with Crippen molar-refractivity contribution < 1.29 is 21.1 Å². The molecule has 0 spiro atoms. The van der Waals surface area contributed by atoms with E-state index in [1.165, 1.54) is 0 Å². The molecule has 72 valence electrons. The maximum Gasteiger partial charge on any atom is 0.338 e. The Hall–Kier alpha value is -0.560. The molecule has 0 saturated carbocycles. The summed E-state index contributed by atoms with van der Waals surface area (Å²) in [4.78, 5) is -1.57. The largest absolute Gasteiger partial charge is 0.338 e. The first kappa shape index (κ1) is 10.5. The van der Waals surface area contributed by atoms with E-state index in [1.807, 2.05) is 0 Å². The zero-order chi connectivity index (χ0) is 10.2. The van der Waals surface area contributed by atoms with Crippen molar-refractivity contribution >= 4 is 26.2 Å². The molecule has 13 heavy (non-hydrogen) atoms. The first-order valence-electron chi connectivity index (χ1n) is 2.92. The quantitative estimate of drug-likeness (QED) is 0.582. The van der Waals surface area contributed by atoms with E-state index < -0.39 is 26.8 Å². The fourth-order valence-corrected chi connectivity index (χ4v) is 1.82. The lowest BCUT2D eigenvalue weighted by Gasteiger charge is -2.00. The van der Waals surface area contributed by atoms with Gasteiger partial charge < -0.3 is 0 Å². The SMILES string of the molecule is O=S(=O)(F)c1c(F)ccc(Br)c1F. The van der Waals surface area contributed by atoms with E-state index in [9.17, 15) is 21.1 Å². The van der Waals surface area contributed by atoms with E-state index in [2.05, 4.69) is 15.9 Å². The molecule has 0 saturated heterocycles. The Morgan fingerprint density at radius 2 is 1.77 bits per heavy atom. The summed E-state index contributed by atoms with van der Waals surface area (Å²) < 4.78 is 58.0. The molecule has 0 atom stereocenters. The third kappa shape index (κ3) is 2.02. The van der Waals surface area contributed by atoms with Crippen LogP contribution < -0.4 is 0 Å². The molecule has 1 aromatic carbocycles. The van der Waals surface area contributed by atoms with Crippen molar-refractivity contribution in [2.45, 2.75) is 4.90 Å². The minimum Gasteiger partial charge on any atom is -0.205 e. The standard InChI is InChI=1S/C6H2BrF3O2S/c7-3-1-2-4(8)6(5(3)9)13(10,11)12/h1-2H. The second-order valence-corrected chi connectivity index (χ2v) is 4.25. The third-order valence-corrected chi connectivity index (χ3v) is 2.72. The Bertz CT molecular complexity index is 443. The number of benzene rings is 1. The molecule has 0 bridgehead atoms. The zero-order valence-corrected chi connectivity index (χ0v) is 8.29. The molecule has 2 nitrogen and oxygen atoms in total. The number of halogens is 4. The van der Waals surface area contributed by atoms with E-state index in [0.29, 0.717) is 6.07 Å². The van der Waals surface area contributed by atoms with Crippen molar-refractivity contribution in [1.82, 2.24) is 0 Å². The lowest BCUT2D eigenvalue weighted by atomic mass is 10.3. The van der Waals surface area contributed by atoms with Gasteiger partial charge in [-0.1, -0.05) is 0 Å². The lowest BCUT2D eigenvalue weighted by molar-refractivity contribution is 0.497. The van der Waals surface area contributed by atoms with Gasteiger partial charge in [-0.25, -0.2) is 8.78 Å². The fourth-order valence-electron chi connectivity index (χ4n) is 0.732. The van der Waals surface area contributed by atoms with Crippen molar-refractivity contribution in [3.8, 4) is 0 Å². The summed E-state index contributed by atoms with van der Waals surface area (Å²) in [5.74, 6) is -2.93. The Balaban J connectivity index is 3.62. The highest BCUT2D eigenvalue weighted by molar-refractivity contribution is 9.10. The van der Waals surface area contributed by atoms with Gasteiger partial charge in [0.15, 0.2) is 10.7 Å². The second-order valence-electron chi connectivity index (χ2n) is 2.11. The highest BCUT2D eigenvalue weighted by Crippen LogP contribution is 2.26. The number of rotatable bonds is 1. The molecule has 0 heterocycles. The normalized spacial score (nSPS) is 11.7. The van der Waals surface area contributed by atoms with Crippen molar-refractivity contribution in [1.29, 1.82) is 0 Å². The van der Waals surface area contributed by atoms with Crippen LogP contribution in [0.1, 0.15) is 0 Å². The molecule has 1 aromatic rings. The van der Waals surface area contributed by atoms with Crippen LogP contribution >= 0.6 is 15.9 Å². The van der Waals surface area contributed by atoms with E-state index in [1.54, 1.807) is 0 Å². The van der Waals surface area contributed by atoms with Crippen LogP contribution in [-0.4, -0.2) is 8.42 Å². The monoisotopic (exact) mass is 274 g/mol. The molecule has 0 aliphatic rings. The average Bonchev–Trinajstić information content (AvgIpc) is 1.95. The molecule has 0 aliphatic carbocycles.